The van der Waals surface area contributed by atoms with E-state index in [-0.39, 0.29) is 5.54 Å². The Kier molecular flexibility index (Phi) is 4.14. The number of nitrogens with one attached hydrogen (secondary N) is 1. The lowest BCUT2D eigenvalue weighted by atomic mass is 9.84. The molecule has 0 aliphatic carbocycles. The topological polar surface area (TPSA) is 23.2 Å². The van der Waals surface area contributed by atoms with E-state index in [1.807, 2.05) is 6.07 Å². The Bertz CT molecular complexity index is 925. The van der Waals surface area contributed by atoms with E-state index in [1.54, 1.807) is 0 Å². The maximum absolute atomic E-state index is 6.02. The normalized spacial score (nSPS) is 15.7. The first-order valence-electron chi connectivity index (χ1n) is 8.89. The summed E-state index contributed by atoms with van der Waals surface area (Å²) < 4.78 is 6.02. The zero-order valence-corrected chi connectivity index (χ0v) is 14.9. The van der Waals surface area contributed by atoms with Crippen LogP contribution < -0.4 is 4.99 Å². The highest BCUT2D eigenvalue weighted by Gasteiger charge is 2.33. The molecule has 2 heteroatoms. The minimum absolute atomic E-state index is 0.0303. The molecule has 2 nitrogen and oxygen atoms in total. The summed E-state index contributed by atoms with van der Waals surface area (Å²) in [7, 11) is 0. The van der Waals surface area contributed by atoms with Crippen molar-refractivity contribution in [3.8, 4) is 0 Å². The molecule has 0 radical (unpaired) electrons. The second-order valence-electron chi connectivity index (χ2n) is 7.46. The number of fused-ring (bicyclic) bond motifs is 3. The predicted molar refractivity (Wildman–Crippen MR) is 103 cm³/mol. The summed E-state index contributed by atoms with van der Waals surface area (Å²) in [5.74, 6) is 0. The highest BCUT2D eigenvalue weighted by molar-refractivity contribution is 6.04. The maximum Gasteiger partial charge on any atom is 0.208 e. The fourth-order valence-corrected chi connectivity index (χ4v) is 3.73. The molecule has 0 fully saturated rings. The number of ether oxygens (including phenoxy) is 1. The zero-order chi connectivity index (χ0) is 17.3. The molecule has 1 N–H and O–H groups in total. The molecule has 25 heavy (non-hydrogen) atoms. The van der Waals surface area contributed by atoms with Gasteiger partial charge in [-0.1, -0.05) is 60.7 Å². The Morgan fingerprint density at radius 2 is 1.64 bits per heavy atom. The quantitative estimate of drug-likeness (QED) is 0.780. The molecule has 126 valence electrons. The Hall–Kier alpha value is -2.45. The smallest absolute Gasteiger partial charge is 0.208 e. The molecule has 3 aromatic rings. The number of hydrogen-bond acceptors (Lipinski definition) is 1. The van der Waals surface area contributed by atoms with Gasteiger partial charge in [0.2, 0.25) is 5.71 Å². The van der Waals surface area contributed by atoms with Gasteiger partial charge in [-0.2, -0.15) is 0 Å². The van der Waals surface area contributed by atoms with Gasteiger partial charge in [-0.05, 0) is 28.0 Å². The van der Waals surface area contributed by atoms with E-state index >= 15 is 0 Å². The summed E-state index contributed by atoms with van der Waals surface area (Å²) in [5, 5.41) is 2.67. The van der Waals surface area contributed by atoms with E-state index in [0.29, 0.717) is 13.2 Å². The standard InChI is InChI=1S/C23H23NO/c1-23(2)14-21-19-11-7-6-10-18(19)12-13-20(21)22(24-23)16-25-15-17-8-4-3-5-9-17/h3-13H,14-16H2,1-2H3/p+1. The first-order chi connectivity index (χ1) is 12.1. The summed E-state index contributed by atoms with van der Waals surface area (Å²) >= 11 is 0. The number of benzene rings is 3. The van der Waals surface area contributed by atoms with Crippen LogP contribution in [0.25, 0.3) is 10.8 Å². The number of rotatable bonds is 4. The van der Waals surface area contributed by atoms with E-state index in [0.717, 1.165) is 6.42 Å². The molecule has 0 amide bonds. The lowest BCUT2D eigenvalue weighted by Crippen LogP contribution is -2.88. The lowest BCUT2D eigenvalue weighted by molar-refractivity contribution is -0.546. The van der Waals surface area contributed by atoms with Gasteiger partial charge in [0.05, 0.1) is 6.61 Å². The third kappa shape index (κ3) is 3.35. The maximum atomic E-state index is 6.02. The Labute approximate surface area is 149 Å². The molecule has 4 rings (SSSR count). The Balaban J connectivity index is 1.63. The van der Waals surface area contributed by atoms with Gasteiger partial charge in [0.1, 0.15) is 6.61 Å². The number of hydrogen-bond donors (Lipinski definition) is 1. The molecule has 3 aromatic carbocycles. The third-order valence-corrected chi connectivity index (χ3v) is 4.83. The van der Waals surface area contributed by atoms with Crippen LogP contribution in [0.5, 0.6) is 0 Å². The molecule has 1 aliphatic heterocycles. The van der Waals surface area contributed by atoms with Crippen molar-refractivity contribution < 1.29 is 9.73 Å². The molecular formula is C23H24NO+. The van der Waals surface area contributed by atoms with E-state index in [1.165, 1.54) is 33.2 Å². The summed E-state index contributed by atoms with van der Waals surface area (Å²) in [6.45, 7) is 5.75. The average Bonchev–Trinajstić information content (AvgIpc) is 2.61. The average molecular weight is 330 g/mol. The summed E-state index contributed by atoms with van der Waals surface area (Å²) in [6, 6.07) is 23.4. The van der Waals surface area contributed by atoms with Crippen molar-refractivity contribution in [3.05, 3.63) is 83.4 Å². The fourth-order valence-electron chi connectivity index (χ4n) is 3.73. The van der Waals surface area contributed by atoms with Gasteiger partial charge in [-0.15, -0.1) is 0 Å². The van der Waals surface area contributed by atoms with Gasteiger partial charge < -0.3 is 4.74 Å². The van der Waals surface area contributed by atoms with Crippen LogP contribution in [0, 0.1) is 0 Å². The van der Waals surface area contributed by atoms with Crippen LogP contribution in [-0.4, -0.2) is 17.9 Å². The van der Waals surface area contributed by atoms with Crippen LogP contribution >= 0.6 is 0 Å². The van der Waals surface area contributed by atoms with Gasteiger partial charge in [0.25, 0.3) is 0 Å². The highest BCUT2D eigenvalue weighted by atomic mass is 16.5. The van der Waals surface area contributed by atoms with E-state index in [4.69, 9.17) is 4.74 Å². The van der Waals surface area contributed by atoms with E-state index < -0.39 is 0 Å². The molecular weight excluding hydrogens is 306 g/mol. The summed E-state index contributed by atoms with van der Waals surface area (Å²) in [4.78, 5) is 3.69. The van der Waals surface area contributed by atoms with Crippen LogP contribution in [0.4, 0.5) is 0 Å². The first-order valence-corrected chi connectivity index (χ1v) is 8.89. The molecule has 0 saturated heterocycles. The third-order valence-electron chi connectivity index (χ3n) is 4.83. The van der Waals surface area contributed by atoms with Gasteiger partial charge >= 0.3 is 0 Å². The van der Waals surface area contributed by atoms with Crippen molar-refractivity contribution in [2.45, 2.75) is 32.4 Å². The lowest BCUT2D eigenvalue weighted by Gasteiger charge is -2.25. The van der Waals surface area contributed by atoms with Crippen molar-refractivity contribution in [1.82, 2.24) is 0 Å². The van der Waals surface area contributed by atoms with E-state index in [9.17, 15) is 0 Å². The molecule has 1 aliphatic rings. The molecule has 0 saturated carbocycles. The van der Waals surface area contributed by atoms with Crippen LogP contribution in [0.15, 0.2) is 66.7 Å². The van der Waals surface area contributed by atoms with Crippen LogP contribution in [0.1, 0.15) is 30.5 Å². The van der Waals surface area contributed by atoms with Crippen LogP contribution in [0.2, 0.25) is 0 Å². The first kappa shape index (κ1) is 16.0. The van der Waals surface area contributed by atoms with Crippen molar-refractivity contribution in [3.63, 3.8) is 0 Å². The van der Waals surface area contributed by atoms with Crippen molar-refractivity contribution in [2.24, 2.45) is 0 Å². The highest BCUT2D eigenvalue weighted by Crippen LogP contribution is 2.27. The SMILES string of the molecule is CC1(C)Cc2c(ccc3ccccc23)C(COCc2ccccc2)=[NH+]1. The van der Waals surface area contributed by atoms with E-state index in [2.05, 4.69) is 79.5 Å². The molecule has 0 unspecified atom stereocenters. The van der Waals surface area contributed by atoms with Crippen LogP contribution in [-0.2, 0) is 17.8 Å². The zero-order valence-electron chi connectivity index (χ0n) is 14.9. The second kappa shape index (κ2) is 6.45. The molecule has 0 bridgehead atoms. The monoisotopic (exact) mass is 330 g/mol. The van der Waals surface area contributed by atoms with Gasteiger partial charge in [0, 0.05) is 25.8 Å². The van der Waals surface area contributed by atoms with Crippen molar-refractivity contribution in [1.29, 1.82) is 0 Å². The minimum Gasteiger partial charge on any atom is -0.366 e. The Morgan fingerprint density at radius 1 is 0.880 bits per heavy atom. The van der Waals surface area contributed by atoms with Gasteiger partial charge in [-0.25, -0.2) is 4.99 Å². The molecule has 0 atom stereocenters. The van der Waals surface area contributed by atoms with Crippen molar-refractivity contribution >= 4 is 16.5 Å². The largest absolute Gasteiger partial charge is 0.366 e. The summed E-state index contributed by atoms with van der Waals surface area (Å²) in [5.41, 5.74) is 5.15. The van der Waals surface area contributed by atoms with Gasteiger partial charge in [0.15, 0.2) is 5.54 Å². The molecule has 1 heterocycles. The Morgan fingerprint density at radius 3 is 2.48 bits per heavy atom. The molecule has 0 aromatic heterocycles. The minimum atomic E-state index is 0.0303. The second-order valence-corrected chi connectivity index (χ2v) is 7.46. The molecule has 0 spiro atoms. The van der Waals surface area contributed by atoms with Crippen LogP contribution in [0.3, 0.4) is 0 Å². The van der Waals surface area contributed by atoms with Gasteiger partial charge in [-0.3, -0.25) is 0 Å². The van der Waals surface area contributed by atoms with Crippen molar-refractivity contribution in [2.75, 3.05) is 6.61 Å². The predicted octanol–water partition coefficient (Wildman–Crippen LogP) is 3.26. The summed E-state index contributed by atoms with van der Waals surface area (Å²) in [6.07, 6.45) is 1.02. The fraction of sp³-hybridized carbons (Fsp3) is 0.261.